The Balaban J connectivity index is -0.0000000677. The van der Waals surface area contributed by atoms with Crippen LogP contribution in [0.5, 0.6) is 0 Å². The van der Waals surface area contributed by atoms with Crippen molar-refractivity contribution >= 4 is 93.9 Å². The molecule has 0 radical (unpaired) electrons. The molecular formula is C12H60O60P12. The minimum atomic E-state index is -4.64. The van der Waals surface area contributed by atoms with Gasteiger partial charge >= 0.3 is 93.9 Å². The van der Waals surface area contributed by atoms with Gasteiger partial charge in [-0.3, -0.25) is 0 Å². The second-order valence-electron chi connectivity index (χ2n) is 12.0. The van der Waals surface area contributed by atoms with E-state index in [-0.39, 0.29) is 0 Å². The first-order chi connectivity index (χ1) is 34.9. The van der Waals surface area contributed by atoms with Gasteiger partial charge < -0.3 is 237 Å². The topological polar surface area (TPSA) is 1180 Å². The van der Waals surface area contributed by atoms with Gasteiger partial charge in [-0.15, -0.1) is 0 Å². The third-order valence-electron chi connectivity index (χ3n) is 4.20. The Morgan fingerprint density at radius 2 is 0.119 bits per heavy atom. The van der Waals surface area contributed by atoms with Crippen molar-refractivity contribution in [1.82, 2.24) is 0 Å². The number of aliphatic hydroxyl groups excluding tert-OH is 12. The van der Waals surface area contributed by atoms with E-state index in [1.807, 2.05) is 0 Å². The van der Waals surface area contributed by atoms with Crippen LogP contribution in [0.1, 0.15) is 0 Å². The number of hydrogen-bond acceptors (Lipinski definition) is 24. The zero-order valence-electron chi connectivity index (χ0n) is 38.7. The average Bonchev–Trinajstić information content (AvgIpc) is 3.05. The predicted octanol–water partition coefficient (Wildman–Crippen LogP) is -18.8. The van der Waals surface area contributed by atoms with Crippen molar-refractivity contribution in [2.24, 2.45) is 0 Å². The summed E-state index contributed by atoms with van der Waals surface area (Å²) in [4.78, 5) is 259. The van der Waals surface area contributed by atoms with Crippen LogP contribution in [0.2, 0.25) is 0 Å². The first-order valence-corrected chi connectivity index (χ1v) is 35.3. The van der Waals surface area contributed by atoms with Crippen LogP contribution in [0.25, 0.3) is 0 Å². The molecule has 0 aliphatic heterocycles. The SMILES string of the molecule is O=P(O)(O)O.O=P(O)(O)O.O=P(O)(O)O.O=P(O)(O)O.O=P(O)(O)O.O=P(O)(O)O.O=P(O)(O)O.O=P(O)(O)O.O=P(O)(O)O.O=P(O)(O)O.O=P(O)(O)O.O=P(O)(O)O.O[C@H]1[C@H](O)[C@@H](O)[C@H](O)[C@@H](O)[C@H]1O.O[C@H]1[C@H](O)[C@@H](O)[C@H](O)[C@@H](O)[C@H]1O. The highest BCUT2D eigenvalue weighted by Gasteiger charge is 2.48. The van der Waals surface area contributed by atoms with Crippen LogP contribution in [-0.2, 0) is 54.8 Å². The van der Waals surface area contributed by atoms with Crippen molar-refractivity contribution in [2.75, 3.05) is 0 Å². The summed E-state index contributed by atoms with van der Waals surface area (Å²) in [5, 5.41) is 108. The number of phosphoric acid groups is 12. The van der Waals surface area contributed by atoms with E-state index in [0.29, 0.717) is 0 Å². The van der Waals surface area contributed by atoms with Gasteiger partial charge in [-0.2, -0.15) is 0 Å². The summed E-state index contributed by atoms with van der Waals surface area (Å²) in [6.07, 6.45) is -19.7. The van der Waals surface area contributed by atoms with Crippen LogP contribution in [0, 0.1) is 0 Å². The Bertz CT molecular complexity index is 1540. The van der Waals surface area contributed by atoms with Gasteiger partial charge in [0.1, 0.15) is 73.2 Å². The van der Waals surface area contributed by atoms with Crippen molar-refractivity contribution < 1.29 is 292 Å². The second kappa shape index (κ2) is 48.6. The Hall–Kier alpha value is 0.840. The van der Waals surface area contributed by atoms with Gasteiger partial charge in [-0.05, 0) is 0 Å². The minimum absolute atomic E-state index is 1.64. The maximum Gasteiger partial charge on any atom is 0.466 e. The predicted molar refractivity (Wildman–Crippen MR) is 243 cm³/mol. The van der Waals surface area contributed by atoms with E-state index in [2.05, 4.69) is 0 Å². The van der Waals surface area contributed by atoms with Crippen LogP contribution in [-0.4, -0.2) is 311 Å². The maximum atomic E-state index is 8.97. The highest BCUT2D eigenvalue weighted by atomic mass is 31.2. The molecule has 72 heteroatoms. The molecule has 2 aliphatic carbocycles. The molecule has 0 aromatic carbocycles. The lowest BCUT2D eigenvalue weighted by atomic mass is 9.85. The van der Waals surface area contributed by atoms with Gasteiger partial charge in [0.2, 0.25) is 0 Å². The number of aliphatic hydroxyl groups is 12. The Labute approximate surface area is 459 Å². The van der Waals surface area contributed by atoms with E-state index in [9.17, 15) is 0 Å². The first-order valence-electron chi connectivity index (χ1n) is 16.5. The summed E-state index contributed by atoms with van der Waals surface area (Å²) >= 11 is 0. The van der Waals surface area contributed by atoms with Crippen LogP contribution in [0.4, 0.5) is 0 Å². The normalized spacial score (nSPS) is 24.3. The fourth-order valence-corrected chi connectivity index (χ4v) is 2.42. The molecule has 2 aliphatic rings. The average molecular weight is 1540 g/mol. The third-order valence-corrected chi connectivity index (χ3v) is 4.20. The molecule has 60 nitrogen and oxygen atoms in total. The molecule has 2 fully saturated rings. The molecule has 0 aromatic heterocycles. The largest absolute Gasteiger partial charge is 0.466 e. The highest BCUT2D eigenvalue weighted by Crippen LogP contribution is 2.31. The van der Waals surface area contributed by atoms with E-state index in [1.54, 1.807) is 0 Å². The van der Waals surface area contributed by atoms with Gasteiger partial charge in [0.25, 0.3) is 0 Å². The monoisotopic (exact) mass is 1540 g/mol. The van der Waals surface area contributed by atoms with Gasteiger partial charge in [0, 0.05) is 0 Å². The Kier molecular flexibility index (Phi) is 65.0. The fourth-order valence-electron chi connectivity index (χ4n) is 2.42. The smallest absolute Gasteiger partial charge is 0.387 e. The Morgan fingerprint density at radius 1 is 0.107 bits per heavy atom. The zero-order chi connectivity index (χ0) is 72.9. The fraction of sp³-hybridized carbons (Fsp3) is 1.00. The van der Waals surface area contributed by atoms with E-state index in [4.69, 9.17) is 292 Å². The van der Waals surface area contributed by atoms with E-state index in [1.165, 1.54) is 0 Å². The third kappa shape index (κ3) is 233. The molecule has 0 spiro atoms. The summed E-state index contributed by atoms with van der Waals surface area (Å²) in [6.45, 7) is 0. The molecule has 0 aromatic rings. The molecule has 0 amide bonds. The van der Waals surface area contributed by atoms with Crippen molar-refractivity contribution in [2.45, 2.75) is 73.2 Å². The van der Waals surface area contributed by atoms with E-state index >= 15 is 0 Å². The summed E-state index contributed by atoms with van der Waals surface area (Å²) in [6, 6.07) is 0. The van der Waals surface area contributed by atoms with Crippen LogP contribution in [0.15, 0.2) is 0 Å². The molecule has 0 saturated heterocycles. The molecule has 0 unspecified atom stereocenters. The minimum Gasteiger partial charge on any atom is -0.387 e. The molecular weight excluding hydrogens is 1480 g/mol. The Morgan fingerprint density at radius 3 is 0.131 bits per heavy atom. The van der Waals surface area contributed by atoms with Crippen molar-refractivity contribution in [3.63, 3.8) is 0 Å². The van der Waals surface area contributed by atoms with Crippen LogP contribution in [0.3, 0.4) is 0 Å². The van der Waals surface area contributed by atoms with Crippen molar-refractivity contribution in [3.05, 3.63) is 0 Å². The lowest BCUT2D eigenvalue weighted by molar-refractivity contribution is -0.223. The van der Waals surface area contributed by atoms with Crippen molar-refractivity contribution in [3.8, 4) is 0 Å². The quantitative estimate of drug-likeness (QED) is 0.100. The highest BCUT2D eigenvalue weighted by molar-refractivity contribution is 7.47. The standard InChI is InChI=1S/2C6H12O6.12H3O4P/c2*7-1-2(8)4(10)6(12)5(11)3(1)9;12*1-5(2,3)4/h2*1-12H;12*(H3,1,2,3,4)/t2*1-,2-,3-,4+,5-,6-;;;;;;;;;;;;. The lowest BCUT2D eigenvalue weighted by Crippen LogP contribution is -2.63. The molecule has 528 valence electrons. The van der Waals surface area contributed by atoms with Crippen LogP contribution < -0.4 is 0 Å². The zero-order valence-corrected chi connectivity index (χ0v) is 49.4. The summed E-state index contributed by atoms with van der Waals surface area (Å²) < 4.78 is 107. The van der Waals surface area contributed by atoms with Crippen LogP contribution >= 0.6 is 93.9 Å². The lowest BCUT2D eigenvalue weighted by Gasteiger charge is -2.39. The summed E-state index contributed by atoms with van der Waals surface area (Å²) in [5.41, 5.74) is 0. The number of rotatable bonds is 0. The summed E-state index contributed by atoms with van der Waals surface area (Å²) in [5.74, 6) is 0. The van der Waals surface area contributed by atoms with Gasteiger partial charge in [-0.25, -0.2) is 54.8 Å². The summed E-state index contributed by atoms with van der Waals surface area (Å²) in [7, 11) is -55.7. The molecule has 0 heterocycles. The van der Waals surface area contributed by atoms with E-state index < -0.39 is 167 Å². The first kappa shape index (κ1) is 112. The molecule has 84 heavy (non-hydrogen) atoms. The van der Waals surface area contributed by atoms with Gasteiger partial charge in [-0.1, -0.05) is 0 Å². The van der Waals surface area contributed by atoms with Gasteiger partial charge in [0.05, 0.1) is 0 Å². The maximum absolute atomic E-state index is 8.97. The molecule has 0 atom stereocenters. The molecule has 2 rings (SSSR count). The van der Waals surface area contributed by atoms with Gasteiger partial charge in [0.15, 0.2) is 0 Å². The molecule has 48 N–H and O–H groups in total. The number of hydrogen-bond donors (Lipinski definition) is 48. The molecule has 2 saturated carbocycles. The second-order valence-corrected chi connectivity index (χ2v) is 24.4. The van der Waals surface area contributed by atoms with E-state index in [0.717, 1.165) is 0 Å². The van der Waals surface area contributed by atoms with Crippen molar-refractivity contribution in [1.29, 1.82) is 0 Å². The molecule has 0 bridgehead atoms.